The highest BCUT2D eigenvalue weighted by Gasteiger charge is 2.25. The zero-order valence-corrected chi connectivity index (χ0v) is 15.1. The molecular formula is C17H26ClN3O3. The van der Waals surface area contributed by atoms with Gasteiger partial charge in [0.25, 0.3) is 5.91 Å². The van der Waals surface area contributed by atoms with Crippen LogP contribution in [0, 0.1) is 0 Å². The van der Waals surface area contributed by atoms with Crippen LogP contribution in [0.25, 0.3) is 0 Å². The summed E-state index contributed by atoms with van der Waals surface area (Å²) in [7, 11) is 1.40. The van der Waals surface area contributed by atoms with E-state index in [0.717, 1.165) is 18.7 Å². The molecule has 24 heavy (non-hydrogen) atoms. The first-order valence-corrected chi connectivity index (χ1v) is 7.94. The van der Waals surface area contributed by atoms with Gasteiger partial charge in [0, 0.05) is 44.3 Å². The van der Waals surface area contributed by atoms with Crippen molar-refractivity contribution in [3.63, 3.8) is 0 Å². The highest BCUT2D eigenvalue weighted by atomic mass is 35.5. The lowest BCUT2D eigenvalue weighted by Gasteiger charge is -2.37. The first kappa shape index (κ1) is 20.4. The molecule has 0 aliphatic carbocycles. The molecule has 0 saturated carbocycles. The minimum Gasteiger partial charge on any atom is -0.469 e. The van der Waals surface area contributed by atoms with Gasteiger partial charge in [-0.2, -0.15) is 0 Å². The summed E-state index contributed by atoms with van der Waals surface area (Å²) in [6.07, 6.45) is 0.380. The molecule has 0 radical (unpaired) electrons. The van der Waals surface area contributed by atoms with E-state index in [9.17, 15) is 9.59 Å². The number of ether oxygens (including phenoxy) is 1. The number of nitrogens with two attached hydrogens (primary N) is 1. The molecule has 1 aliphatic heterocycles. The first-order chi connectivity index (χ1) is 11.0. The van der Waals surface area contributed by atoms with Crippen molar-refractivity contribution in [1.82, 2.24) is 9.80 Å². The van der Waals surface area contributed by atoms with Crippen LogP contribution < -0.4 is 5.73 Å². The monoisotopic (exact) mass is 355 g/mol. The van der Waals surface area contributed by atoms with E-state index in [-0.39, 0.29) is 30.3 Å². The van der Waals surface area contributed by atoms with E-state index in [1.165, 1.54) is 7.11 Å². The van der Waals surface area contributed by atoms with Gasteiger partial charge in [0.15, 0.2) is 0 Å². The van der Waals surface area contributed by atoms with E-state index in [4.69, 9.17) is 10.5 Å². The van der Waals surface area contributed by atoms with Crippen molar-refractivity contribution in [2.24, 2.45) is 5.73 Å². The Hall–Kier alpha value is -1.63. The van der Waals surface area contributed by atoms with Gasteiger partial charge in [0.1, 0.15) is 0 Å². The Morgan fingerprint density at radius 2 is 1.75 bits per heavy atom. The number of carbonyl (C=O) groups is 2. The summed E-state index contributed by atoms with van der Waals surface area (Å²) < 4.78 is 4.71. The van der Waals surface area contributed by atoms with Gasteiger partial charge in [-0.3, -0.25) is 14.5 Å². The van der Waals surface area contributed by atoms with Gasteiger partial charge in [-0.25, -0.2) is 0 Å². The lowest BCUT2D eigenvalue weighted by atomic mass is 10.1. The SMILES string of the molecule is COC(=O)CC(C)N1CCN(C(=O)c2ccc(CN)cc2)CC1.Cl. The largest absolute Gasteiger partial charge is 0.469 e. The molecule has 0 bridgehead atoms. The molecule has 1 fully saturated rings. The van der Waals surface area contributed by atoms with E-state index in [1.807, 2.05) is 36.1 Å². The molecule has 0 aromatic heterocycles. The predicted octanol–water partition coefficient (Wildman–Crippen LogP) is 1.28. The Labute approximate surface area is 149 Å². The van der Waals surface area contributed by atoms with Crippen molar-refractivity contribution in [1.29, 1.82) is 0 Å². The van der Waals surface area contributed by atoms with Gasteiger partial charge >= 0.3 is 5.97 Å². The van der Waals surface area contributed by atoms with Crippen molar-refractivity contribution in [3.05, 3.63) is 35.4 Å². The van der Waals surface area contributed by atoms with Crippen LogP contribution in [0.4, 0.5) is 0 Å². The molecule has 1 unspecified atom stereocenters. The number of hydrogen-bond donors (Lipinski definition) is 1. The maximum Gasteiger partial charge on any atom is 0.307 e. The number of halogens is 1. The fraction of sp³-hybridized carbons (Fsp3) is 0.529. The fourth-order valence-electron chi connectivity index (χ4n) is 2.79. The summed E-state index contributed by atoms with van der Waals surface area (Å²) in [5.74, 6) is -0.148. The van der Waals surface area contributed by atoms with Gasteiger partial charge in [0.2, 0.25) is 0 Å². The maximum absolute atomic E-state index is 12.5. The van der Waals surface area contributed by atoms with Crippen LogP contribution in [-0.2, 0) is 16.1 Å². The van der Waals surface area contributed by atoms with Gasteiger partial charge in [-0.15, -0.1) is 12.4 Å². The van der Waals surface area contributed by atoms with E-state index in [2.05, 4.69) is 4.90 Å². The number of amides is 1. The Bertz CT molecular complexity index is 543. The van der Waals surface area contributed by atoms with E-state index >= 15 is 0 Å². The molecule has 1 atom stereocenters. The standard InChI is InChI=1S/C17H25N3O3.ClH/c1-13(11-16(21)23-2)19-7-9-20(10-8-19)17(22)15-5-3-14(12-18)4-6-15;/h3-6,13H,7-12,18H2,1-2H3;1H. The molecule has 1 aromatic carbocycles. The first-order valence-electron chi connectivity index (χ1n) is 7.94. The van der Waals surface area contributed by atoms with Gasteiger partial charge in [-0.1, -0.05) is 12.1 Å². The predicted molar refractivity (Wildman–Crippen MR) is 95.2 cm³/mol. The van der Waals surface area contributed by atoms with Gasteiger partial charge < -0.3 is 15.4 Å². The van der Waals surface area contributed by atoms with Crippen molar-refractivity contribution < 1.29 is 14.3 Å². The highest BCUT2D eigenvalue weighted by molar-refractivity contribution is 5.94. The minimum atomic E-state index is -0.198. The zero-order valence-electron chi connectivity index (χ0n) is 14.2. The van der Waals surface area contributed by atoms with E-state index < -0.39 is 0 Å². The van der Waals surface area contributed by atoms with Gasteiger partial charge in [-0.05, 0) is 24.6 Å². The second-order valence-electron chi connectivity index (χ2n) is 5.86. The molecule has 2 rings (SSSR count). The minimum absolute atomic E-state index is 0. The third-order valence-corrected chi connectivity index (χ3v) is 4.35. The Morgan fingerprint density at radius 1 is 1.17 bits per heavy atom. The number of methoxy groups -OCH3 is 1. The molecule has 1 heterocycles. The number of benzene rings is 1. The third-order valence-electron chi connectivity index (χ3n) is 4.35. The number of nitrogens with zero attached hydrogens (tertiary/aromatic N) is 2. The average Bonchev–Trinajstić information content (AvgIpc) is 2.61. The molecular weight excluding hydrogens is 330 g/mol. The summed E-state index contributed by atoms with van der Waals surface area (Å²) in [6.45, 7) is 5.37. The topological polar surface area (TPSA) is 75.9 Å². The van der Waals surface area contributed by atoms with E-state index in [0.29, 0.717) is 31.6 Å². The van der Waals surface area contributed by atoms with Crippen LogP contribution in [0.1, 0.15) is 29.3 Å². The quantitative estimate of drug-likeness (QED) is 0.805. The maximum atomic E-state index is 12.5. The van der Waals surface area contributed by atoms with Crippen molar-refractivity contribution in [2.45, 2.75) is 25.9 Å². The van der Waals surface area contributed by atoms with Crippen LogP contribution in [0.3, 0.4) is 0 Å². The van der Waals surface area contributed by atoms with Crippen LogP contribution >= 0.6 is 12.4 Å². The summed E-state index contributed by atoms with van der Waals surface area (Å²) >= 11 is 0. The molecule has 6 nitrogen and oxygen atoms in total. The van der Waals surface area contributed by atoms with Crippen molar-refractivity contribution >= 4 is 24.3 Å². The number of rotatable bonds is 5. The Morgan fingerprint density at radius 3 is 2.25 bits per heavy atom. The molecule has 2 N–H and O–H groups in total. The number of piperazine rings is 1. The molecule has 0 spiro atoms. The van der Waals surface area contributed by atoms with Crippen molar-refractivity contribution in [3.8, 4) is 0 Å². The second-order valence-corrected chi connectivity index (χ2v) is 5.86. The smallest absolute Gasteiger partial charge is 0.307 e. The molecule has 1 amide bonds. The fourth-order valence-corrected chi connectivity index (χ4v) is 2.79. The molecule has 1 aromatic rings. The van der Waals surface area contributed by atoms with Crippen molar-refractivity contribution in [2.75, 3.05) is 33.3 Å². The summed E-state index contributed by atoms with van der Waals surface area (Å²) in [4.78, 5) is 27.9. The van der Waals surface area contributed by atoms with Crippen LogP contribution in [0.2, 0.25) is 0 Å². The molecule has 1 saturated heterocycles. The highest BCUT2D eigenvalue weighted by Crippen LogP contribution is 2.13. The lowest BCUT2D eigenvalue weighted by Crippen LogP contribution is -2.51. The average molecular weight is 356 g/mol. The molecule has 134 valence electrons. The normalized spacial score (nSPS) is 16.2. The van der Waals surface area contributed by atoms with Crippen LogP contribution in [-0.4, -0.2) is 61.0 Å². The second kappa shape index (κ2) is 9.61. The Kier molecular flexibility index (Phi) is 8.18. The number of hydrogen-bond acceptors (Lipinski definition) is 5. The zero-order chi connectivity index (χ0) is 16.8. The summed E-state index contributed by atoms with van der Waals surface area (Å²) in [5.41, 5.74) is 7.28. The summed E-state index contributed by atoms with van der Waals surface area (Å²) in [6, 6.07) is 7.57. The van der Waals surface area contributed by atoms with Gasteiger partial charge in [0.05, 0.1) is 13.5 Å². The number of esters is 1. The molecule has 7 heteroatoms. The third kappa shape index (κ3) is 5.19. The van der Waals surface area contributed by atoms with Crippen LogP contribution in [0.5, 0.6) is 0 Å². The lowest BCUT2D eigenvalue weighted by molar-refractivity contribution is -0.142. The molecule has 1 aliphatic rings. The number of carbonyl (C=O) groups excluding carboxylic acids is 2. The van der Waals surface area contributed by atoms with Crippen LogP contribution in [0.15, 0.2) is 24.3 Å². The Balaban J connectivity index is 0.00000288. The van der Waals surface area contributed by atoms with E-state index in [1.54, 1.807) is 0 Å². The summed E-state index contributed by atoms with van der Waals surface area (Å²) in [5, 5.41) is 0.